The van der Waals surface area contributed by atoms with Gasteiger partial charge in [-0.2, -0.15) is 5.26 Å². The van der Waals surface area contributed by atoms with Crippen LogP contribution >= 0.6 is 11.3 Å². The van der Waals surface area contributed by atoms with Crippen molar-refractivity contribution in [3.05, 3.63) is 75.5 Å². The molecule has 0 N–H and O–H groups in total. The number of thiazole rings is 1. The number of hydrogen-bond acceptors (Lipinski definition) is 7. The predicted octanol–water partition coefficient (Wildman–Crippen LogP) is 3.13. The third kappa shape index (κ3) is 4.34. The number of halogens is 1. The maximum absolute atomic E-state index is 13.8. The molecule has 0 spiro atoms. The van der Waals surface area contributed by atoms with Gasteiger partial charge in [-0.05, 0) is 48.4 Å². The van der Waals surface area contributed by atoms with Crippen LogP contribution in [0.15, 0.2) is 48.0 Å². The number of nitrogens with zero attached hydrogens (tertiary/aromatic N) is 6. The first kappa shape index (κ1) is 23.6. The fourth-order valence-electron chi connectivity index (χ4n) is 5.36. The van der Waals surface area contributed by atoms with Gasteiger partial charge in [0.2, 0.25) is 0 Å². The van der Waals surface area contributed by atoms with Crippen LogP contribution in [0.4, 0.5) is 15.8 Å². The van der Waals surface area contributed by atoms with Gasteiger partial charge in [0.05, 0.1) is 5.56 Å². The molecule has 6 rings (SSSR count). The number of carbonyl (C=O) groups is 2. The minimum atomic E-state index is -0.523. The molecule has 37 heavy (non-hydrogen) atoms. The Bertz CT molecular complexity index is 1390. The minimum absolute atomic E-state index is 0.000158. The smallest absolute Gasteiger partial charge is 0.282 e. The highest BCUT2D eigenvalue weighted by molar-refractivity contribution is 7.11. The van der Waals surface area contributed by atoms with E-state index in [-0.39, 0.29) is 17.4 Å². The minimum Gasteiger partial charge on any atom is -0.341 e. The second-order valence-electron chi connectivity index (χ2n) is 9.55. The van der Waals surface area contributed by atoms with E-state index in [9.17, 15) is 14.0 Å². The lowest BCUT2D eigenvalue weighted by atomic mass is 10.0. The van der Waals surface area contributed by atoms with Gasteiger partial charge in [0, 0.05) is 80.4 Å². The van der Waals surface area contributed by atoms with E-state index >= 15 is 0 Å². The molecule has 2 amide bonds. The molecule has 188 valence electrons. The number of fused-ring (bicyclic) bond motifs is 1. The topological polar surface area (TPSA) is 83.8 Å². The molecule has 0 saturated carbocycles. The molecule has 0 unspecified atom stereocenters. The average molecular weight is 517 g/mol. The fraction of sp³-hybridized carbons (Fsp3) is 0.333. The van der Waals surface area contributed by atoms with Gasteiger partial charge < -0.3 is 14.7 Å². The summed E-state index contributed by atoms with van der Waals surface area (Å²) in [5, 5.41) is 11.5. The largest absolute Gasteiger partial charge is 0.341 e. The molecule has 2 saturated heterocycles. The molecule has 10 heteroatoms. The molecule has 2 fully saturated rings. The number of nitriles is 1. The van der Waals surface area contributed by atoms with Crippen molar-refractivity contribution in [1.29, 1.82) is 5.26 Å². The first-order valence-electron chi connectivity index (χ1n) is 12.3. The van der Waals surface area contributed by atoms with Crippen LogP contribution in [0.5, 0.6) is 0 Å². The second kappa shape index (κ2) is 9.57. The molecular formula is C27H25FN6O2S. The number of anilines is 2. The van der Waals surface area contributed by atoms with Crippen LogP contribution in [0.1, 0.15) is 31.3 Å². The Hall–Kier alpha value is -3.81. The molecule has 0 radical (unpaired) electrons. The second-order valence-corrected chi connectivity index (χ2v) is 10.4. The van der Waals surface area contributed by atoms with Crippen LogP contribution in [0, 0.1) is 17.1 Å². The molecule has 3 aromatic rings. The Balaban J connectivity index is 1.05. The highest BCUT2D eigenvalue weighted by Crippen LogP contribution is 2.36. The first-order valence-corrected chi connectivity index (χ1v) is 13.2. The Morgan fingerprint density at radius 1 is 1.00 bits per heavy atom. The third-order valence-corrected chi connectivity index (χ3v) is 8.25. The van der Waals surface area contributed by atoms with E-state index in [0.717, 1.165) is 36.4 Å². The van der Waals surface area contributed by atoms with Crippen LogP contribution in [-0.2, 0) is 6.42 Å². The molecule has 8 nitrogen and oxygen atoms in total. The SMILES string of the molecule is N#Cc1cc(N2CCc3cc(C(=O)N4CC(N5CCN(C(=O)c6nccs6)CC5)C4)ccc32)ccc1F. The molecule has 3 aliphatic rings. The summed E-state index contributed by atoms with van der Waals surface area (Å²) in [4.78, 5) is 38.0. The average Bonchev–Trinajstić information content (AvgIpc) is 3.58. The summed E-state index contributed by atoms with van der Waals surface area (Å²) in [6, 6.07) is 12.5. The molecule has 0 atom stereocenters. The zero-order valence-corrected chi connectivity index (χ0v) is 21.0. The van der Waals surface area contributed by atoms with Crippen molar-refractivity contribution in [3.8, 4) is 6.07 Å². The maximum Gasteiger partial charge on any atom is 0.282 e. The summed E-state index contributed by atoms with van der Waals surface area (Å²) in [5.41, 5.74) is 3.53. The zero-order valence-electron chi connectivity index (χ0n) is 20.1. The normalized spacial score (nSPS) is 17.9. The van der Waals surface area contributed by atoms with Gasteiger partial charge in [-0.25, -0.2) is 9.37 Å². The summed E-state index contributed by atoms with van der Waals surface area (Å²) in [6.07, 6.45) is 2.43. The number of likely N-dealkylation sites (tertiary alicyclic amines) is 1. The van der Waals surface area contributed by atoms with Gasteiger partial charge >= 0.3 is 0 Å². The molecule has 3 aliphatic heterocycles. The molecule has 4 heterocycles. The van der Waals surface area contributed by atoms with E-state index in [1.165, 1.54) is 17.4 Å². The third-order valence-electron chi connectivity index (χ3n) is 7.49. The van der Waals surface area contributed by atoms with Crippen LogP contribution in [0.25, 0.3) is 0 Å². The summed E-state index contributed by atoms with van der Waals surface area (Å²) in [5.74, 6) is -0.491. The fourth-order valence-corrected chi connectivity index (χ4v) is 5.96. The lowest BCUT2D eigenvalue weighted by Crippen LogP contribution is -2.64. The summed E-state index contributed by atoms with van der Waals surface area (Å²) < 4.78 is 13.8. The highest BCUT2D eigenvalue weighted by atomic mass is 32.1. The van der Waals surface area contributed by atoms with Gasteiger partial charge in [-0.3, -0.25) is 14.5 Å². The van der Waals surface area contributed by atoms with E-state index in [0.29, 0.717) is 49.3 Å². The molecule has 2 aromatic carbocycles. The summed E-state index contributed by atoms with van der Waals surface area (Å²) in [7, 11) is 0. The Kier molecular flexibility index (Phi) is 6.10. The molecular weight excluding hydrogens is 491 g/mol. The lowest BCUT2D eigenvalue weighted by Gasteiger charge is -2.48. The van der Waals surface area contributed by atoms with Crippen molar-refractivity contribution in [1.82, 2.24) is 19.7 Å². The Labute approximate surface area is 218 Å². The van der Waals surface area contributed by atoms with Crippen molar-refractivity contribution < 1.29 is 14.0 Å². The van der Waals surface area contributed by atoms with Gasteiger partial charge in [0.15, 0.2) is 5.01 Å². The molecule has 0 bridgehead atoms. The number of aromatic nitrogens is 1. The van der Waals surface area contributed by atoms with E-state index in [4.69, 9.17) is 5.26 Å². The predicted molar refractivity (Wildman–Crippen MR) is 138 cm³/mol. The lowest BCUT2D eigenvalue weighted by molar-refractivity contribution is 0.00853. The van der Waals surface area contributed by atoms with Crippen molar-refractivity contribution in [2.75, 3.05) is 50.7 Å². The van der Waals surface area contributed by atoms with Crippen molar-refractivity contribution >= 4 is 34.5 Å². The van der Waals surface area contributed by atoms with Crippen molar-refractivity contribution in [3.63, 3.8) is 0 Å². The highest BCUT2D eigenvalue weighted by Gasteiger charge is 2.37. The summed E-state index contributed by atoms with van der Waals surface area (Å²) >= 11 is 1.37. The van der Waals surface area contributed by atoms with E-state index in [2.05, 4.69) is 14.8 Å². The van der Waals surface area contributed by atoms with Crippen molar-refractivity contribution in [2.45, 2.75) is 12.5 Å². The number of rotatable bonds is 4. The maximum atomic E-state index is 13.8. The van der Waals surface area contributed by atoms with Gasteiger partial charge in [0.1, 0.15) is 11.9 Å². The van der Waals surface area contributed by atoms with Crippen LogP contribution in [0.2, 0.25) is 0 Å². The Morgan fingerprint density at radius 2 is 1.81 bits per heavy atom. The van der Waals surface area contributed by atoms with Gasteiger partial charge in [-0.15, -0.1) is 11.3 Å². The monoisotopic (exact) mass is 516 g/mol. The Morgan fingerprint density at radius 3 is 2.54 bits per heavy atom. The van der Waals surface area contributed by atoms with Crippen molar-refractivity contribution in [2.24, 2.45) is 0 Å². The van der Waals surface area contributed by atoms with Crippen LogP contribution in [-0.4, -0.2) is 83.4 Å². The van der Waals surface area contributed by atoms with Crippen LogP contribution < -0.4 is 4.90 Å². The molecule has 1 aromatic heterocycles. The van der Waals surface area contributed by atoms with E-state index in [1.54, 1.807) is 18.3 Å². The number of benzene rings is 2. The standard InChI is InChI=1S/C27H25FN6O2S/c28-23-3-2-21(14-20(23)15-29)34-7-5-18-13-19(1-4-24(18)34)26(35)33-16-22(17-33)31-8-10-32(11-9-31)27(36)25-30-6-12-37-25/h1-4,6,12-14,22H,5,7-11,16-17H2. The number of hydrogen-bond donors (Lipinski definition) is 0. The van der Waals surface area contributed by atoms with E-state index in [1.807, 2.05) is 39.4 Å². The number of amides is 2. The van der Waals surface area contributed by atoms with Crippen LogP contribution in [0.3, 0.4) is 0 Å². The number of piperazine rings is 1. The zero-order chi connectivity index (χ0) is 25.5. The summed E-state index contributed by atoms with van der Waals surface area (Å²) in [6.45, 7) is 5.04. The first-order chi connectivity index (χ1) is 18.0. The van der Waals surface area contributed by atoms with Gasteiger partial charge in [-0.1, -0.05) is 0 Å². The van der Waals surface area contributed by atoms with Gasteiger partial charge in [0.25, 0.3) is 11.8 Å². The number of carbonyl (C=O) groups excluding carboxylic acids is 2. The quantitative estimate of drug-likeness (QED) is 0.530. The van der Waals surface area contributed by atoms with E-state index < -0.39 is 5.82 Å². The molecule has 0 aliphatic carbocycles.